The second kappa shape index (κ2) is 6.26. The fraction of sp³-hybridized carbons (Fsp3) is 0.294. The zero-order chi connectivity index (χ0) is 16.4. The number of rotatable bonds is 3. The zero-order valence-corrected chi connectivity index (χ0v) is 13.0. The van der Waals surface area contributed by atoms with Crippen LogP contribution >= 0.6 is 0 Å². The van der Waals surface area contributed by atoms with Gasteiger partial charge >= 0.3 is 0 Å². The fourth-order valence-electron chi connectivity index (χ4n) is 2.84. The van der Waals surface area contributed by atoms with Gasteiger partial charge < -0.3 is 9.64 Å². The van der Waals surface area contributed by atoms with Crippen LogP contribution in [-0.2, 0) is 11.2 Å². The summed E-state index contributed by atoms with van der Waals surface area (Å²) in [7, 11) is 0. The van der Waals surface area contributed by atoms with E-state index in [1.807, 2.05) is 12.1 Å². The van der Waals surface area contributed by atoms with Crippen LogP contribution in [0.2, 0.25) is 0 Å². The van der Waals surface area contributed by atoms with E-state index in [-0.39, 0.29) is 6.10 Å². The van der Waals surface area contributed by atoms with E-state index in [0.717, 1.165) is 30.0 Å². The largest absolute Gasteiger partial charge is 0.370 e. The molecule has 1 fully saturated rings. The minimum Gasteiger partial charge on any atom is -0.370 e. The lowest BCUT2D eigenvalue weighted by atomic mass is 10.0. The molecule has 1 aromatic carbocycles. The predicted molar refractivity (Wildman–Crippen MR) is 88.5 cm³/mol. The number of benzene rings is 1. The summed E-state index contributed by atoms with van der Waals surface area (Å²) in [5.74, 6) is 3.50. The van der Waals surface area contributed by atoms with Crippen molar-refractivity contribution in [2.24, 2.45) is 0 Å². The number of hydrogen-bond acceptors (Lipinski definition) is 6. The van der Waals surface area contributed by atoms with Crippen molar-refractivity contribution in [1.29, 1.82) is 0 Å². The molecule has 1 saturated heterocycles. The smallest absolute Gasteiger partial charge is 0.200 e. The van der Waals surface area contributed by atoms with Gasteiger partial charge in [0.15, 0.2) is 11.5 Å². The van der Waals surface area contributed by atoms with Crippen LogP contribution in [-0.4, -0.2) is 45.0 Å². The molecule has 4 rings (SSSR count). The molecule has 3 heterocycles. The van der Waals surface area contributed by atoms with Crippen molar-refractivity contribution in [1.82, 2.24) is 25.3 Å². The standard InChI is InChI=1S/C17H16N6O/c1-2-3-13-4-6-14(7-5-13)15-12-22(10-11-24-15)17-9-8-16-18-20-21-23(16)19-17/h1,4-9,15H,3,10-12H2. The molecule has 0 radical (unpaired) electrons. The Morgan fingerprint density at radius 2 is 2.08 bits per heavy atom. The Morgan fingerprint density at radius 1 is 1.21 bits per heavy atom. The maximum atomic E-state index is 5.93. The molecular formula is C17H16N6O. The van der Waals surface area contributed by atoms with Gasteiger partial charge in [-0.3, -0.25) is 0 Å². The molecule has 0 N–H and O–H groups in total. The molecule has 2 aromatic heterocycles. The number of morpholine rings is 1. The fourth-order valence-corrected chi connectivity index (χ4v) is 2.84. The number of nitrogens with zero attached hydrogens (tertiary/aromatic N) is 6. The summed E-state index contributed by atoms with van der Waals surface area (Å²) in [6.07, 6.45) is 6.00. The Bertz CT molecular complexity index is 882. The van der Waals surface area contributed by atoms with Crippen molar-refractivity contribution in [2.45, 2.75) is 12.5 Å². The first-order chi connectivity index (χ1) is 11.8. The van der Waals surface area contributed by atoms with Crippen molar-refractivity contribution in [3.63, 3.8) is 0 Å². The molecule has 1 atom stereocenters. The lowest BCUT2D eigenvalue weighted by molar-refractivity contribution is 0.0394. The topological polar surface area (TPSA) is 68.4 Å². The van der Waals surface area contributed by atoms with Crippen LogP contribution < -0.4 is 4.90 Å². The first kappa shape index (κ1) is 14.6. The summed E-state index contributed by atoms with van der Waals surface area (Å²) in [4.78, 5) is 2.19. The third-order valence-corrected chi connectivity index (χ3v) is 4.10. The lowest BCUT2D eigenvalue weighted by Crippen LogP contribution is -2.39. The van der Waals surface area contributed by atoms with Gasteiger partial charge in [0, 0.05) is 19.5 Å². The maximum Gasteiger partial charge on any atom is 0.200 e. The SMILES string of the molecule is C#CCc1ccc(C2CN(c3ccc4nnnn4n3)CCO2)cc1. The van der Waals surface area contributed by atoms with Crippen LogP contribution in [0.3, 0.4) is 0 Å². The number of terminal acetylenes is 1. The Morgan fingerprint density at radius 3 is 2.92 bits per heavy atom. The Kier molecular flexibility index (Phi) is 3.81. The number of aromatic nitrogens is 5. The van der Waals surface area contributed by atoms with Crippen LogP contribution in [0.4, 0.5) is 5.82 Å². The highest BCUT2D eigenvalue weighted by atomic mass is 16.5. The predicted octanol–water partition coefficient (Wildman–Crippen LogP) is 1.27. The summed E-state index contributed by atoms with van der Waals surface area (Å²) in [6.45, 7) is 2.16. The van der Waals surface area contributed by atoms with E-state index >= 15 is 0 Å². The van der Waals surface area contributed by atoms with E-state index in [0.29, 0.717) is 18.7 Å². The van der Waals surface area contributed by atoms with Crippen LogP contribution in [0, 0.1) is 12.3 Å². The maximum absolute atomic E-state index is 5.93. The molecule has 7 nitrogen and oxygen atoms in total. The summed E-state index contributed by atoms with van der Waals surface area (Å²) in [5, 5.41) is 15.8. The molecule has 0 amide bonds. The van der Waals surface area contributed by atoms with Crippen molar-refractivity contribution in [3.05, 3.63) is 47.5 Å². The van der Waals surface area contributed by atoms with E-state index in [9.17, 15) is 0 Å². The Hall–Kier alpha value is -2.98. The molecule has 1 aliphatic heterocycles. The van der Waals surface area contributed by atoms with E-state index in [4.69, 9.17) is 11.2 Å². The van der Waals surface area contributed by atoms with Gasteiger partial charge in [-0.05, 0) is 33.7 Å². The van der Waals surface area contributed by atoms with Crippen molar-refractivity contribution in [2.75, 3.05) is 24.6 Å². The highest BCUT2D eigenvalue weighted by molar-refractivity contribution is 5.45. The Labute approximate surface area is 139 Å². The second-order valence-corrected chi connectivity index (χ2v) is 5.65. The van der Waals surface area contributed by atoms with Gasteiger partial charge in [0.25, 0.3) is 0 Å². The molecule has 0 spiro atoms. The first-order valence-corrected chi connectivity index (χ1v) is 7.78. The molecule has 0 saturated carbocycles. The molecule has 3 aromatic rings. The highest BCUT2D eigenvalue weighted by Crippen LogP contribution is 2.25. The van der Waals surface area contributed by atoms with Gasteiger partial charge in [0.05, 0.1) is 6.61 Å². The average molecular weight is 320 g/mol. The van der Waals surface area contributed by atoms with Crippen LogP contribution in [0.1, 0.15) is 17.2 Å². The summed E-state index contributed by atoms with van der Waals surface area (Å²) >= 11 is 0. The number of anilines is 1. The average Bonchev–Trinajstić information content (AvgIpc) is 3.10. The van der Waals surface area contributed by atoms with Gasteiger partial charge in [-0.15, -0.1) is 27.2 Å². The van der Waals surface area contributed by atoms with Crippen LogP contribution in [0.15, 0.2) is 36.4 Å². The van der Waals surface area contributed by atoms with Gasteiger partial charge in [-0.1, -0.05) is 24.3 Å². The van der Waals surface area contributed by atoms with E-state index in [2.05, 4.69) is 55.7 Å². The second-order valence-electron chi connectivity index (χ2n) is 5.65. The molecule has 120 valence electrons. The minimum absolute atomic E-state index is 0.00463. The molecule has 0 bridgehead atoms. The van der Waals surface area contributed by atoms with E-state index in [1.165, 1.54) is 4.63 Å². The molecule has 24 heavy (non-hydrogen) atoms. The quantitative estimate of drug-likeness (QED) is 0.677. The van der Waals surface area contributed by atoms with Crippen LogP contribution in [0.5, 0.6) is 0 Å². The van der Waals surface area contributed by atoms with Crippen LogP contribution in [0.25, 0.3) is 5.65 Å². The summed E-state index contributed by atoms with van der Waals surface area (Å²) in [6, 6.07) is 12.1. The monoisotopic (exact) mass is 320 g/mol. The molecule has 1 unspecified atom stereocenters. The number of tetrazole rings is 1. The van der Waals surface area contributed by atoms with Crippen molar-refractivity contribution >= 4 is 11.5 Å². The van der Waals surface area contributed by atoms with E-state index < -0.39 is 0 Å². The van der Waals surface area contributed by atoms with Gasteiger partial charge in [0.2, 0.25) is 0 Å². The summed E-state index contributed by atoms with van der Waals surface area (Å²) in [5.41, 5.74) is 2.91. The zero-order valence-electron chi connectivity index (χ0n) is 13.0. The number of fused-ring (bicyclic) bond motifs is 1. The molecule has 7 heteroatoms. The highest BCUT2D eigenvalue weighted by Gasteiger charge is 2.23. The number of ether oxygens (including phenoxy) is 1. The normalized spacial score (nSPS) is 17.8. The van der Waals surface area contributed by atoms with E-state index in [1.54, 1.807) is 0 Å². The first-order valence-electron chi connectivity index (χ1n) is 7.78. The van der Waals surface area contributed by atoms with Crippen molar-refractivity contribution in [3.8, 4) is 12.3 Å². The molecule has 0 aliphatic carbocycles. The Balaban J connectivity index is 1.53. The van der Waals surface area contributed by atoms with Gasteiger partial charge in [-0.25, -0.2) is 0 Å². The third kappa shape index (κ3) is 2.79. The number of hydrogen-bond donors (Lipinski definition) is 0. The van der Waals surface area contributed by atoms with Gasteiger partial charge in [-0.2, -0.15) is 0 Å². The van der Waals surface area contributed by atoms with Crippen molar-refractivity contribution < 1.29 is 4.74 Å². The molecular weight excluding hydrogens is 304 g/mol. The van der Waals surface area contributed by atoms with Gasteiger partial charge in [0.1, 0.15) is 6.10 Å². The minimum atomic E-state index is 0.00463. The summed E-state index contributed by atoms with van der Waals surface area (Å²) < 4.78 is 7.37. The molecule has 1 aliphatic rings. The lowest BCUT2D eigenvalue weighted by Gasteiger charge is -2.33. The third-order valence-electron chi connectivity index (χ3n) is 4.10.